The van der Waals surface area contributed by atoms with Gasteiger partial charge in [-0.1, -0.05) is 30.7 Å². The monoisotopic (exact) mass is 278 g/mol. The van der Waals surface area contributed by atoms with E-state index in [4.69, 9.17) is 11.6 Å². The molecule has 100 valence electrons. The van der Waals surface area contributed by atoms with E-state index in [0.29, 0.717) is 17.4 Å². The van der Waals surface area contributed by atoms with Crippen LogP contribution in [0, 0.1) is 0 Å². The van der Waals surface area contributed by atoms with Crippen LogP contribution in [-0.4, -0.2) is 27.6 Å². The van der Waals surface area contributed by atoms with E-state index < -0.39 is 0 Å². The molecule has 0 saturated heterocycles. The molecule has 0 fully saturated rings. The van der Waals surface area contributed by atoms with Crippen LogP contribution in [0.3, 0.4) is 0 Å². The number of hydrogen-bond donors (Lipinski definition) is 2. The summed E-state index contributed by atoms with van der Waals surface area (Å²) in [5.41, 5.74) is 1.12. The summed E-state index contributed by atoms with van der Waals surface area (Å²) in [6.45, 7) is 2.49. The van der Waals surface area contributed by atoms with Crippen LogP contribution in [0.25, 0.3) is 0 Å². The number of hydrogen-bond acceptors (Lipinski definition) is 3. The molecule has 19 heavy (non-hydrogen) atoms. The molecule has 0 aliphatic carbocycles. The minimum Gasteiger partial charge on any atom is -0.349 e. The number of rotatable bonds is 5. The Bertz CT molecular complexity index is 550. The number of nitrogens with zero attached hydrogens (tertiary/aromatic N) is 2. The van der Waals surface area contributed by atoms with Gasteiger partial charge in [-0.25, -0.2) is 4.98 Å². The van der Waals surface area contributed by atoms with Crippen LogP contribution in [0.1, 0.15) is 28.9 Å². The first-order valence-electron chi connectivity index (χ1n) is 6.13. The van der Waals surface area contributed by atoms with E-state index in [9.17, 15) is 4.79 Å². The van der Waals surface area contributed by atoms with Gasteiger partial charge in [0.1, 0.15) is 5.82 Å². The predicted molar refractivity (Wildman–Crippen MR) is 73.2 cm³/mol. The van der Waals surface area contributed by atoms with E-state index in [2.05, 4.69) is 20.5 Å². The predicted octanol–water partition coefficient (Wildman–Crippen LogP) is 1.99. The van der Waals surface area contributed by atoms with E-state index in [0.717, 1.165) is 18.4 Å². The summed E-state index contributed by atoms with van der Waals surface area (Å²) >= 11 is 5.80. The number of amides is 1. The van der Waals surface area contributed by atoms with Crippen molar-refractivity contribution in [1.29, 1.82) is 0 Å². The molecule has 0 spiro atoms. The van der Waals surface area contributed by atoms with Crippen LogP contribution < -0.4 is 5.32 Å². The molecule has 2 N–H and O–H groups in total. The molecule has 5 nitrogen and oxygen atoms in total. The number of H-pyrrole nitrogens is 1. The summed E-state index contributed by atoms with van der Waals surface area (Å²) in [7, 11) is 0. The second-order valence-electron chi connectivity index (χ2n) is 4.09. The van der Waals surface area contributed by atoms with E-state index in [1.54, 1.807) is 0 Å². The molecule has 0 unspecified atom stereocenters. The number of halogens is 1. The molecule has 0 aliphatic heterocycles. The number of aromatic nitrogens is 3. The molecule has 2 rings (SSSR count). The second kappa shape index (κ2) is 6.33. The van der Waals surface area contributed by atoms with Gasteiger partial charge < -0.3 is 5.32 Å². The van der Waals surface area contributed by atoms with Gasteiger partial charge in [0.2, 0.25) is 5.82 Å². The zero-order valence-corrected chi connectivity index (χ0v) is 11.4. The lowest BCUT2D eigenvalue weighted by Crippen LogP contribution is -2.26. The SMILES string of the molecule is CCc1nc(C(=O)NCCc2ccc(Cl)cc2)n[nH]1. The Hall–Kier alpha value is -1.88. The molecule has 0 radical (unpaired) electrons. The van der Waals surface area contributed by atoms with Gasteiger partial charge >= 0.3 is 0 Å². The maximum absolute atomic E-state index is 11.7. The maximum atomic E-state index is 11.7. The zero-order chi connectivity index (χ0) is 13.7. The van der Waals surface area contributed by atoms with Gasteiger partial charge in [-0.15, -0.1) is 5.10 Å². The Balaban J connectivity index is 1.82. The third kappa shape index (κ3) is 3.79. The Morgan fingerprint density at radius 2 is 2.11 bits per heavy atom. The van der Waals surface area contributed by atoms with Gasteiger partial charge in [0, 0.05) is 18.0 Å². The summed E-state index contributed by atoms with van der Waals surface area (Å²) in [5.74, 6) is 0.640. The quantitative estimate of drug-likeness (QED) is 0.879. The van der Waals surface area contributed by atoms with Crippen molar-refractivity contribution >= 4 is 17.5 Å². The van der Waals surface area contributed by atoms with Crippen molar-refractivity contribution in [1.82, 2.24) is 20.5 Å². The van der Waals surface area contributed by atoms with Crippen molar-refractivity contribution in [2.45, 2.75) is 19.8 Å². The Morgan fingerprint density at radius 1 is 1.37 bits per heavy atom. The number of carbonyl (C=O) groups excluding carboxylic acids is 1. The normalized spacial score (nSPS) is 10.4. The minimum atomic E-state index is -0.259. The molecule has 6 heteroatoms. The molecule has 1 aromatic heterocycles. The van der Waals surface area contributed by atoms with Crippen LogP contribution in [0.2, 0.25) is 5.02 Å². The van der Waals surface area contributed by atoms with Crippen molar-refractivity contribution in [2.75, 3.05) is 6.54 Å². The molecule has 0 saturated carbocycles. The van der Waals surface area contributed by atoms with Crippen LogP contribution in [-0.2, 0) is 12.8 Å². The van der Waals surface area contributed by atoms with E-state index in [-0.39, 0.29) is 11.7 Å². The maximum Gasteiger partial charge on any atom is 0.290 e. The first-order valence-corrected chi connectivity index (χ1v) is 6.50. The van der Waals surface area contributed by atoms with Gasteiger partial charge in [0.15, 0.2) is 0 Å². The third-order valence-electron chi connectivity index (χ3n) is 2.68. The molecule has 0 bridgehead atoms. The van der Waals surface area contributed by atoms with Crippen LogP contribution in [0.4, 0.5) is 0 Å². The first-order chi connectivity index (χ1) is 9.19. The lowest BCUT2D eigenvalue weighted by Gasteiger charge is -2.03. The average Bonchev–Trinajstić information content (AvgIpc) is 2.90. The Morgan fingerprint density at radius 3 is 2.74 bits per heavy atom. The molecule has 1 amide bonds. The number of nitrogens with one attached hydrogen (secondary N) is 2. The molecule has 1 aromatic carbocycles. The van der Waals surface area contributed by atoms with Crippen LogP contribution >= 0.6 is 11.6 Å². The highest BCUT2D eigenvalue weighted by atomic mass is 35.5. The van der Waals surface area contributed by atoms with Gasteiger partial charge in [-0.3, -0.25) is 9.89 Å². The number of aromatic amines is 1. The molecular formula is C13H15ClN4O. The molecule has 0 atom stereocenters. The van der Waals surface area contributed by atoms with Gasteiger partial charge in [-0.2, -0.15) is 0 Å². The average molecular weight is 279 g/mol. The fourth-order valence-corrected chi connectivity index (χ4v) is 1.73. The highest BCUT2D eigenvalue weighted by Gasteiger charge is 2.10. The Labute approximate surface area is 116 Å². The highest BCUT2D eigenvalue weighted by molar-refractivity contribution is 6.30. The van der Waals surface area contributed by atoms with E-state index in [1.165, 1.54) is 0 Å². The van der Waals surface area contributed by atoms with Crippen LogP contribution in [0.15, 0.2) is 24.3 Å². The molecule has 0 aliphatic rings. The summed E-state index contributed by atoms with van der Waals surface area (Å²) in [4.78, 5) is 15.8. The van der Waals surface area contributed by atoms with Crippen molar-refractivity contribution in [3.63, 3.8) is 0 Å². The van der Waals surface area contributed by atoms with Crippen molar-refractivity contribution in [2.24, 2.45) is 0 Å². The number of benzene rings is 1. The number of carbonyl (C=O) groups is 1. The summed E-state index contributed by atoms with van der Waals surface area (Å²) in [6.07, 6.45) is 1.47. The minimum absolute atomic E-state index is 0.188. The lowest BCUT2D eigenvalue weighted by atomic mass is 10.1. The van der Waals surface area contributed by atoms with Gasteiger partial charge in [-0.05, 0) is 24.1 Å². The van der Waals surface area contributed by atoms with Gasteiger partial charge in [0.25, 0.3) is 5.91 Å². The van der Waals surface area contributed by atoms with E-state index in [1.807, 2.05) is 31.2 Å². The molecular weight excluding hydrogens is 264 g/mol. The van der Waals surface area contributed by atoms with Crippen molar-refractivity contribution in [3.8, 4) is 0 Å². The first kappa shape index (κ1) is 13.5. The van der Waals surface area contributed by atoms with E-state index >= 15 is 0 Å². The fraction of sp³-hybridized carbons (Fsp3) is 0.308. The van der Waals surface area contributed by atoms with Crippen molar-refractivity contribution < 1.29 is 4.79 Å². The Kier molecular flexibility index (Phi) is 4.52. The fourth-order valence-electron chi connectivity index (χ4n) is 1.61. The van der Waals surface area contributed by atoms with Crippen molar-refractivity contribution in [3.05, 3.63) is 46.5 Å². The molecule has 1 heterocycles. The summed E-state index contributed by atoms with van der Waals surface area (Å²) in [6, 6.07) is 7.55. The summed E-state index contributed by atoms with van der Waals surface area (Å²) < 4.78 is 0. The second-order valence-corrected chi connectivity index (χ2v) is 4.53. The lowest BCUT2D eigenvalue weighted by molar-refractivity contribution is 0.0944. The smallest absolute Gasteiger partial charge is 0.290 e. The standard InChI is InChI=1S/C13H15ClN4O/c1-2-11-16-12(18-17-11)13(19)15-8-7-9-3-5-10(14)6-4-9/h3-6H,2,7-8H2,1H3,(H,15,19)(H,16,17,18). The van der Waals surface area contributed by atoms with Gasteiger partial charge in [0.05, 0.1) is 0 Å². The highest BCUT2D eigenvalue weighted by Crippen LogP contribution is 2.09. The summed E-state index contributed by atoms with van der Waals surface area (Å²) in [5, 5.41) is 10.1. The molecule has 2 aromatic rings. The zero-order valence-electron chi connectivity index (χ0n) is 10.6. The third-order valence-corrected chi connectivity index (χ3v) is 2.93. The van der Waals surface area contributed by atoms with Crippen LogP contribution in [0.5, 0.6) is 0 Å². The largest absolute Gasteiger partial charge is 0.349 e. The topological polar surface area (TPSA) is 70.7 Å². The number of aryl methyl sites for hydroxylation is 1.